The van der Waals surface area contributed by atoms with Crippen LogP contribution in [0.25, 0.3) is 10.9 Å². The zero-order valence-corrected chi connectivity index (χ0v) is 10.8. The molecule has 5 heteroatoms. The van der Waals surface area contributed by atoms with Crippen LogP contribution in [0.3, 0.4) is 0 Å². The topological polar surface area (TPSA) is 77.2 Å². The Bertz CT molecular complexity index is 566. The van der Waals surface area contributed by atoms with Crippen LogP contribution in [0, 0.1) is 0 Å². The number of nitrogens with two attached hydrogens (primary N) is 1. The molecule has 0 bridgehead atoms. The summed E-state index contributed by atoms with van der Waals surface area (Å²) in [6, 6.07) is 9.68. The molecule has 100 valence electrons. The van der Waals surface area contributed by atoms with E-state index in [9.17, 15) is 4.79 Å². The van der Waals surface area contributed by atoms with Crippen LogP contribution in [-0.2, 0) is 4.79 Å². The number of pyridine rings is 1. The number of rotatable bonds is 5. The van der Waals surface area contributed by atoms with Crippen LogP contribution in [0.4, 0.5) is 0 Å². The van der Waals surface area contributed by atoms with Crippen molar-refractivity contribution in [3.05, 3.63) is 36.5 Å². The lowest BCUT2D eigenvalue weighted by Crippen LogP contribution is -2.30. The van der Waals surface area contributed by atoms with Crippen molar-refractivity contribution in [1.29, 1.82) is 0 Å². The maximum absolute atomic E-state index is 11.1. The van der Waals surface area contributed by atoms with E-state index < -0.39 is 0 Å². The number of ether oxygens (including phenoxy) is 1. The Morgan fingerprint density at radius 1 is 1.42 bits per heavy atom. The lowest BCUT2D eigenvalue weighted by atomic mass is 10.2. The van der Waals surface area contributed by atoms with Gasteiger partial charge in [0, 0.05) is 18.0 Å². The van der Waals surface area contributed by atoms with Gasteiger partial charge >= 0.3 is 0 Å². The summed E-state index contributed by atoms with van der Waals surface area (Å²) in [7, 11) is 0. The van der Waals surface area contributed by atoms with E-state index >= 15 is 0 Å². The molecule has 5 nitrogen and oxygen atoms in total. The van der Waals surface area contributed by atoms with Gasteiger partial charge in [-0.2, -0.15) is 0 Å². The van der Waals surface area contributed by atoms with Gasteiger partial charge in [0.15, 0.2) is 0 Å². The normalized spacial score (nSPS) is 12.1. The van der Waals surface area contributed by atoms with Gasteiger partial charge < -0.3 is 4.74 Å². The SMILES string of the molecule is CC(CCC(=O)NN)Oc1cccc2cccnc12. The summed E-state index contributed by atoms with van der Waals surface area (Å²) in [5.74, 6) is 5.58. The van der Waals surface area contributed by atoms with Crippen molar-refractivity contribution in [1.82, 2.24) is 10.4 Å². The summed E-state index contributed by atoms with van der Waals surface area (Å²) in [6.45, 7) is 1.92. The molecule has 2 rings (SSSR count). The highest BCUT2D eigenvalue weighted by molar-refractivity contribution is 5.84. The fraction of sp³-hybridized carbons (Fsp3) is 0.286. The summed E-state index contributed by atoms with van der Waals surface area (Å²) in [5.41, 5.74) is 2.94. The third-order valence-corrected chi connectivity index (χ3v) is 2.86. The monoisotopic (exact) mass is 259 g/mol. The molecule has 1 amide bonds. The number of hydrogen-bond donors (Lipinski definition) is 2. The van der Waals surface area contributed by atoms with E-state index in [4.69, 9.17) is 10.6 Å². The first-order chi connectivity index (χ1) is 9.20. The van der Waals surface area contributed by atoms with Crippen molar-refractivity contribution in [3.8, 4) is 5.75 Å². The molecular weight excluding hydrogens is 242 g/mol. The van der Waals surface area contributed by atoms with Crippen LogP contribution in [0.1, 0.15) is 19.8 Å². The van der Waals surface area contributed by atoms with Crippen LogP contribution in [0.15, 0.2) is 36.5 Å². The summed E-state index contributed by atoms with van der Waals surface area (Å²) in [5, 5.41) is 1.03. The van der Waals surface area contributed by atoms with E-state index in [1.54, 1.807) is 6.20 Å². The molecule has 0 saturated heterocycles. The van der Waals surface area contributed by atoms with Crippen molar-refractivity contribution < 1.29 is 9.53 Å². The Labute approximate surface area is 111 Å². The summed E-state index contributed by atoms with van der Waals surface area (Å²) >= 11 is 0. The average molecular weight is 259 g/mol. The molecule has 2 aromatic rings. The molecule has 1 aromatic carbocycles. The average Bonchev–Trinajstić information content (AvgIpc) is 2.45. The first-order valence-electron chi connectivity index (χ1n) is 6.20. The second-order valence-electron chi connectivity index (χ2n) is 4.37. The number of hydrazine groups is 1. The molecule has 1 unspecified atom stereocenters. The number of carbonyl (C=O) groups excluding carboxylic acids is 1. The number of nitrogens with zero attached hydrogens (tertiary/aromatic N) is 1. The van der Waals surface area contributed by atoms with Gasteiger partial charge in [-0.25, -0.2) is 5.84 Å². The smallest absolute Gasteiger partial charge is 0.234 e. The third-order valence-electron chi connectivity index (χ3n) is 2.86. The third kappa shape index (κ3) is 3.42. The van der Waals surface area contributed by atoms with Crippen LogP contribution in [0.5, 0.6) is 5.75 Å². The fourth-order valence-electron chi connectivity index (χ4n) is 1.85. The largest absolute Gasteiger partial charge is 0.488 e. The molecule has 1 atom stereocenters. The van der Waals surface area contributed by atoms with Crippen LogP contribution in [-0.4, -0.2) is 17.0 Å². The van der Waals surface area contributed by atoms with Gasteiger partial charge in [0.25, 0.3) is 0 Å². The van der Waals surface area contributed by atoms with Gasteiger partial charge in [-0.05, 0) is 25.5 Å². The maximum atomic E-state index is 11.1. The van der Waals surface area contributed by atoms with Crippen LogP contribution < -0.4 is 16.0 Å². The molecule has 0 aliphatic heterocycles. The molecule has 0 spiro atoms. The zero-order chi connectivity index (χ0) is 13.7. The molecule has 3 N–H and O–H groups in total. The van der Waals surface area contributed by atoms with Crippen molar-refractivity contribution in [3.63, 3.8) is 0 Å². The van der Waals surface area contributed by atoms with Crippen molar-refractivity contribution in [2.75, 3.05) is 0 Å². The van der Waals surface area contributed by atoms with Gasteiger partial charge in [-0.15, -0.1) is 0 Å². The standard InChI is InChI=1S/C14H17N3O2/c1-10(7-8-13(18)17-15)19-12-6-2-4-11-5-3-9-16-14(11)12/h2-6,9-10H,7-8,15H2,1H3,(H,17,18). The van der Waals surface area contributed by atoms with Crippen molar-refractivity contribution in [2.45, 2.75) is 25.9 Å². The zero-order valence-electron chi connectivity index (χ0n) is 10.8. The highest BCUT2D eigenvalue weighted by Gasteiger charge is 2.09. The minimum absolute atomic E-state index is 0.0788. The Morgan fingerprint density at radius 2 is 2.21 bits per heavy atom. The minimum atomic E-state index is -0.188. The Morgan fingerprint density at radius 3 is 3.00 bits per heavy atom. The van der Waals surface area contributed by atoms with Gasteiger partial charge in [-0.3, -0.25) is 15.2 Å². The second kappa shape index (κ2) is 6.15. The number of nitrogens with one attached hydrogen (secondary N) is 1. The van der Waals surface area contributed by atoms with Gasteiger partial charge in [0.2, 0.25) is 5.91 Å². The molecule has 1 aromatic heterocycles. The highest BCUT2D eigenvalue weighted by Crippen LogP contribution is 2.24. The predicted molar refractivity (Wildman–Crippen MR) is 73.4 cm³/mol. The lowest BCUT2D eigenvalue weighted by molar-refractivity contribution is -0.121. The van der Waals surface area contributed by atoms with Crippen molar-refractivity contribution >= 4 is 16.8 Å². The summed E-state index contributed by atoms with van der Waals surface area (Å²) < 4.78 is 5.84. The number of hydrogen-bond acceptors (Lipinski definition) is 4. The molecule has 19 heavy (non-hydrogen) atoms. The molecule has 1 heterocycles. The first-order valence-corrected chi connectivity index (χ1v) is 6.20. The predicted octanol–water partition coefficient (Wildman–Crippen LogP) is 1.77. The van der Waals surface area contributed by atoms with Crippen LogP contribution >= 0.6 is 0 Å². The van der Waals surface area contributed by atoms with Crippen molar-refractivity contribution in [2.24, 2.45) is 5.84 Å². The molecule has 0 saturated carbocycles. The highest BCUT2D eigenvalue weighted by atomic mass is 16.5. The lowest BCUT2D eigenvalue weighted by Gasteiger charge is -2.15. The number of fused-ring (bicyclic) bond motifs is 1. The van der Waals surface area contributed by atoms with Gasteiger partial charge in [-0.1, -0.05) is 18.2 Å². The number of carbonyl (C=O) groups is 1. The first kappa shape index (κ1) is 13.3. The Hall–Kier alpha value is -2.14. The maximum Gasteiger partial charge on any atom is 0.234 e. The molecule has 0 fully saturated rings. The summed E-state index contributed by atoms with van der Waals surface area (Å²) in [4.78, 5) is 15.4. The Balaban J connectivity index is 2.06. The molecular formula is C14H17N3O2. The molecule has 0 aliphatic rings. The van der Waals surface area contributed by atoms with Crippen LogP contribution in [0.2, 0.25) is 0 Å². The number of aromatic nitrogens is 1. The Kier molecular flexibility index (Phi) is 4.30. The van der Waals surface area contributed by atoms with E-state index in [0.717, 1.165) is 16.7 Å². The number of amides is 1. The second-order valence-corrected chi connectivity index (χ2v) is 4.37. The quantitative estimate of drug-likeness (QED) is 0.487. The fourth-order valence-corrected chi connectivity index (χ4v) is 1.85. The number of benzene rings is 1. The number of para-hydroxylation sites is 1. The van der Waals surface area contributed by atoms with Gasteiger partial charge in [0.1, 0.15) is 11.3 Å². The summed E-state index contributed by atoms with van der Waals surface area (Å²) in [6.07, 6.45) is 2.61. The van der Waals surface area contributed by atoms with Gasteiger partial charge in [0.05, 0.1) is 6.10 Å². The molecule has 0 aliphatic carbocycles. The minimum Gasteiger partial charge on any atom is -0.488 e. The van der Waals surface area contributed by atoms with E-state index in [1.165, 1.54) is 0 Å². The van der Waals surface area contributed by atoms with E-state index in [2.05, 4.69) is 10.4 Å². The van der Waals surface area contributed by atoms with E-state index in [-0.39, 0.29) is 12.0 Å². The van der Waals surface area contributed by atoms with E-state index in [0.29, 0.717) is 12.8 Å². The molecule has 0 radical (unpaired) electrons. The van der Waals surface area contributed by atoms with E-state index in [1.807, 2.05) is 37.3 Å².